The summed E-state index contributed by atoms with van der Waals surface area (Å²) in [5, 5.41) is 7.39. The molecule has 11 rings (SSSR count). The molecule has 10 aromatic rings. The van der Waals surface area contributed by atoms with Crippen LogP contribution < -0.4 is 9.80 Å². The van der Waals surface area contributed by atoms with Gasteiger partial charge in [-0.25, -0.2) is 0 Å². The standard InChI is InChI=1S/C57H42N2/c1-57(2)51-27-12-13-28-54(51)59(55-37-33-43(38-52(55)57)47-26-14-19-39-16-6-9-23-46(39)47)56-49-25-11-8-18-41(49)32-36-50(56)42-30-34-45(35-31-42)58(44-21-4-3-5-22-44)53-29-15-20-40-17-7-10-24-48(40)53/h3-38H,1-2H3. The molecule has 1 heterocycles. The van der Waals surface area contributed by atoms with Gasteiger partial charge >= 0.3 is 0 Å². The van der Waals surface area contributed by atoms with Gasteiger partial charge in [0, 0.05) is 33.1 Å². The Bertz CT molecular complexity index is 3190. The van der Waals surface area contributed by atoms with Gasteiger partial charge in [-0.2, -0.15) is 0 Å². The Morgan fingerprint density at radius 1 is 0.373 bits per heavy atom. The Balaban J connectivity index is 1.11. The zero-order valence-electron chi connectivity index (χ0n) is 33.2. The fourth-order valence-corrected chi connectivity index (χ4v) is 9.52. The molecule has 1 aliphatic rings. The lowest BCUT2D eigenvalue weighted by Gasteiger charge is -2.43. The molecule has 0 unspecified atom stereocenters. The number of para-hydroxylation sites is 2. The third-order valence-electron chi connectivity index (χ3n) is 12.4. The molecule has 1 aliphatic heterocycles. The number of fused-ring (bicyclic) bond motifs is 5. The molecule has 10 aromatic carbocycles. The van der Waals surface area contributed by atoms with Gasteiger partial charge in [0.05, 0.1) is 22.7 Å². The Kier molecular flexibility index (Phi) is 8.20. The minimum atomic E-state index is -0.238. The van der Waals surface area contributed by atoms with Crippen LogP contribution in [0.1, 0.15) is 25.0 Å². The van der Waals surface area contributed by atoms with Crippen molar-refractivity contribution in [3.05, 3.63) is 230 Å². The van der Waals surface area contributed by atoms with E-state index in [9.17, 15) is 0 Å². The van der Waals surface area contributed by atoms with Crippen LogP contribution in [0.2, 0.25) is 0 Å². The van der Waals surface area contributed by atoms with E-state index in [1.807, 2.05) is 0 Å². The Morgan fingerprint density at radius 2 is 0.932 bits per heavy atom. The summed E-state index contributed by atoms with van der Waals surface area (Å²) in [5.41, 5.74) is 14.2. The van der Waals surface area contributed by atoms with E-state index in [0.29, 0.717) is 0 Å². The van der Waals surface area contributed by atoms with Gasteiger partial charge in [0.15, 0.2) is 0 Å². The van der Waals surface area contributed by atoms with E-state index in [4.69, 9.17) is 0 Å². The molecule has 0 radical (unpaired) electrons. The number of anilines is 6. The third-order valence-corrected chi connectivity index (χ3v) is 12.4. The van der Waals surface area contributed by atoms with Crippen LogP contribution in [-0.4, -0.2) is 0 Å². The van der Waals surface area contributed by atoms with Crippen molar-refractivity contribution in [3.63, 3.8) is 0 Å². The molecular weight excluding hydrogens is 713 g/mol. The zero-order valence-corrected chi connectivity index (χ0v) is 33.2. The Morgan fingerprint density at radius 3 is 1.71 bits per heavy atom. The van der Waals surface area contributed by atoms with Gasteiger partial charge in [0.1, 0.15) is 0 Å². The summed E-state index contributed by atoms with van der Waals surface area (Å²) in [4.78, 5) is 4.92. The summed E-state index contributed by atoms with van der Waals surface area (Å²) in [6.45, 7) is 4.76. The number of hydrogen-bond donors (Lipinski definition) is 0. The summed E-state index contributed by atoms with van der Waals surface area (Å²) in [6, 6.07) is 80.0. The van der Waals surface area contributed by atoms with Gasteiger partial charge in [-0.15, -0.1) is 0 Å². The molecule has 0 amide bonds. The van der Waals surface area contributed by atoms with Crippen LogP contribution in [0.15, 0.2) is 218 Å². The summed E-state index contributed by atoms with van der Waals surface area (Å²) >= 11 is 0. The molecule has 59 heavy (non-hydrogen) atoms. The maximum absolute atomic E-state index is 2.54. The van der Waals surface area contributed by atoms with E-state index >= 15 is 0 Å². The second-order valence-corrected chi connectivity index (χ2v) is 16.1. The SMILES string of the molecule is CC1(C)c2ccccc2N(c2c(-c3ccc(N(c4ccccc4)c4cccc5ccccc45)cc3)ccc3ccccc23)c2ccc(-c3cccc4ccccc34)cc21. The number of nitrogens with zero attached hydrogens (tertiary/aromatic N) is 2. The van der Waals surface area contributed by atoms with Gasteiger partial charge in [-0.05, 0) is 97.9 Å². The normalized spacial score (nSPS) is 13.0. The predicted octanol–water partition coefficient (Wildman–Crippen LogP) is 16.1. The van der Waals surface area contributed by atoms with Gasteiger partial charge in [0.2, 0.25) is 0 Å². The second kappa shape index (κ2) is 13.9. The minimum absolute atomic E-state index is 0.238. The molecule has 2 nitrogen and oxygen atoms in total. The first-order valence-corrected chi connectivity index (χ1v) is 20.5. The molecule has 0 N–H and O–H groups in total. The fourth-order valence-electron chi connectivity index (χ4n) is 9.52. The number of hydrogen-bond acceptors (Lipinski definition) is 2. The van der Waals surface area contributed by atoms with Crippen LogP contribution in [0.4, 0.5) is 34.1 Å². The van der Waals surface area contributed by atoms with E-state index in [-0.39, 0.29) is 5.41 Å². The van der Waals surface area contributed by atoms with Crippen LogP contribution >= 0.6 is 0 Å². The van der Waals surface area contributed by atoms with Gasteiger partial charge < -0.3 is 9.80 Å². The monoisotopic (exact) mass is 754 g/mol. The lowest BCUT2D eigenvalue weighted by Crippen LogP contribution is -2.31. The molecule has 0 fully saturated rings. The van der Waals surface area contributed by atoms with E-state index in [1.54, 1.807) is 0 Å². The maximum Gasteiger partial charge on any atom is 0.0618 e. The molecule has 0 saturated heterocycles. The lowest BCUT2D eigenvalue weighted by molar-refractivity contribution is 0.632. The van der Waals surface area contributed by atoms with E-state index in [0.717, 1.165) is 22.6 Å². The summed E-state index contributed by atoms with van der Waals surface area (Å²) in [6.07, 6.45) is 0. The Labute approximate surface area is 345 Å². The van der Waals surface area contributed by atoms with E-state index in [1.165, 1.54) is 77.2 Å². The molecular formula is C57H42N2. The Hall–Kier alpha value is -7.42. The van der Waals surface area contributed by atoms with Gasteiger partial charge in [-0.3, -0.25) is 0 Å². The highest BCUT2D eigenvalue weighted by Crippen LogP contribution is 2.56. The molecule has 0 atom stereocenters. The van der Waals surface area contributed by atoms with E-state index in [2.05, 4.69) is 242 Å². The van der Waals surface area contributed by atoms with Crippen LogP contribution in [0.25, 0.3) is 54.6 Å². The maximum atomic E-state index is 2.54. The van der Waals surface area contributed by atoms with Gasteiger partial charge in [0.25, 0.3) is 0 Å². The topological polar surface area (TPSA) is 6.48 Å². The lowest BCUT2D eigenvalue weighted by atomic mass is 9.72. The highest BCUT2D eigenvalue weighted by molar-refractivity contribution is 6.08. The second-order valence-electron chi connectivity index (χ2n) is 16.1. The van der Waals surface area contributed by atoms with Crippen LogP contribution in [0.3, 0.4) is 0 Å². The fraction of sp³-hybridized carbons (Fsp3) is 0.0526. The molecule has 0 bridgehead atoms. The predicted molar refractivity (Wildman–Crippen MR) is 251 cm³/mol. The molecule has 0 spiro atoms. The van der Waals surface area contributed by atoms with Crippen molar-refractivity contribution in [1.29, 1.82) is 0 Å². The van der Waals surface area contributed by atoms with Crippen LogP contribution in [0, 0.1) is 0 Å². The van der Waals surface area contributed by atoms with Crippen molar-refractivity contribution in [3.8, 4) is 22.3 Å². The first-order valence-electron chi connectivity index (χ1n) is 20.5. The quantitative estimate of drug-likeness (QED) is 0.167. The first kappa shape index (κ1) is 34.8. The molecule has 0 aliphatic carbocycles. The van der Waals surface area contributed by atoms with Crippen molar-refractivity contribution in [2.75, 3.05) is 9.80 Å². The van der Waals surface area contributed by atoms with Crippen molar-refractivity contribution < 1.29 is 0 Å². The first-order chi connectivity index (χ1) is 29.0. The summed E-state index contributed by atoms with van der Waals surface area (Å²) in [7, 11) is 0. The zero-order chi connectivity index (χ0) is 39.5. The van der Waals surface area contributed by atoms with Crippen LogP contribution in [0.5, 0.6) is 0 Å². The average Bonchev–Trinajstić information content (AvgIpc) is 3.30. The third kappa shape index (κ3) is 5.71. The van der Waals surface area contributed by atoms with E-state index < -0.39 is 0 Å². The van der Waals surface area contributed by atoms with Crippen molar-refractivity contribution in [2.45, 2.75) is 19.3 Å². The smallest absolute Gasteiger partial charge is 0.0618 e. The molecule has 280 valence electrons. The molecule has 0 aromatic heterocycles. The minimum Gasteiger partial charge on any atom is -0.310 e. The van der Waals surface area contributed by atoms with Crippen molar-refractivity contribution in [1.82, 2.24) is 0 Å². The average molecular weight is 755 g/mol. The number of benzene rings is 10. The molecule has 0 saturated carbocycles. The highest BCUT2D eigenvalue weighted by Gasteiger charge is 2.38. The van der Waals surface area contributed by atoms with Gasteiger partial charge in [-0.1, -0.05) is 184 Å². The largest absolute Gasteiger partial charge is 0.310 e. The van der Waals surface area contributed by atoms with Crippen molar-refractivity contribution in [2.24, 2.45) is 0 Å². The number of rotatable bonds is 6. The van der Waals surface area contributed by atoms with Crippen LogP contribution in [-0.2, 0) is 5.41 Å². The highest BCUT2D eigenvalue weighted by atomic mass is 15.2. The summed E-state index contributed by atoms with van der Waals surface area (Å²) in [5.74, 6) is 0. The summed E-state index contributed by atoms with van der Waals surface area (Å²) < 4.78 is 0. The molecule has 2 heteroatoms. The van der Waals surface area contributed by atoms with Crippen molar-refractivity contribution >= 4 is 66.4 Å².